The molecule has 0 aromatic heterocycles. The number of carboxylic acid groups (broad SMARTS) is 1. The van der Waals surface area contributed by atoms with Crippen molar-refractivity contribution < 1.29 is 34.5 Å². The minimum atomic E-state index is -1.40. The maximum Gasteiger partial charge on any atom is 0.328 e. The predicted molar refractivity (Wildman–Crippen MR) is 132 cm³/mol. The first kappa shape index (κ1) is 26.8. The highest BCUT2D eigenvalue weighted by atomic mass is 16.6. The number of ketones is 1. The zero-order valence-electron chi connectivity index (χ0n) is 21.7. The molecule has 0 heterocycles. The van der Waals surface area contributed by atoms with Crippen LogP contribution in [0.1, 0.15) is 79.1 Å². The normalized spacial score (nSPS) is 40.2. The first-order chi connectivity index (χ1) is 16.8. The highest BCUT2D eigenvalue weighted by molar-refractivity contribution is 5.96. The number of aliphatic carboxylic acids is 1. The lowest BCUT2D eigenvalue weighted by molar-refractivity contribution is -0.159. The van der Waals surface area contributed by atoms with Crippen LogP contribution in [0.5, 0.6) is 0 Å². The van der Waals surface area contributed by atoms with E-state index < -0.39 is 36.2 Å². The van der Waals surface area contributed by atoms with E-state index in [4.69, 9.17) is 9.94 Å². The Morgan fingerprint density at radius 3 is 2.47 bits per heavy atom. The summed E-state index contributed by atoms with van der Waals surface area (Å²) in [6, 6.07) is -1.40. The van der Waals surface area contributed by atoms with Crippen LogP contribution in [0.2, 0.25) is 0 Å². The molecule has 3 saturated carbocycles. The molecule has 8 atom stereocenters. The Hall–Kier alpha value is -2.26. The van der Waals surface area contributed by atoms with Gasteiger partial charge in [0.2, 0.25) is 0 Å². The van der Waals surface area contributed by atoms with Gasteiger partial charge in [-0.25, -0.2) is 4.79 Å². The molecule has 200 valence electrons. The van der Waals surface area contributed by atoms with Gasteiger partial charge in [-0.15, -0.1) is 0 Å². The maximum absolute atomic E-state index is 12.4. The fourth-order valence-electron chi connectivity index (χ4n) is 8.01. The minimum absolute atomic E-state index is 0.0452. The number of hydrogen-bond donors (Lipinski definition) is 4. The van der Waals surface area contributed by atoms with Gasteiger partial charge < -0.3 is 25.5 Å². The summed E-state index contributed by atoms with van der Waals surface area (Å²) in [4.78, 5) is 40.8. The molecule has 0 saturated heterocycles. The summed E-state index contributed by atoms with van der Waals surface area (Å²) < 4.78 is 0. The minimum Gasteiger partial charge on any atom is -0.480 e. The summed E-state index contributed by atoms with van der Waals surface area (Å²) in [7, 11) is 0. The van der Waals surface area contributed by atoms with Crippen LogP contribution in [0.3, 0.4) is 0 Å². The number of nitrogens with one attached hydrogen (secondary N) is 1. The number of fused-ring (bicyclic) bond motifs is 5. The second-order valence-electron chi connectivity index (χ2n) is 11.9. The summed E-state index contributed by atoms with van der Waals surface area (Å²) >= 11 is 0. The second kappa shape index (κ2) is 9.56. The topological polar surface area (TPSA) is 146 Å². The van der Waals surface area contributed by atoms with E-state index in [-0.39, 0.29) is 16.6 Å². The number of allylic oxidation sites excluding steroid dienone is 2. The smallest absolute Gasteiger partial charge is 0.328 e. The molecule has 4 aliphatic carbocycles. The fraction of sp³-hybridized carbons (Fsp3) is 0.778. The Morgan fingerprint density at radius 1 is 1.14 bits per heavy atom. The molecular weight excluding hydrogens is 464 g/mol. The van der Waals surface area contributed by atoms with Crippen molar-refractivity contribution in [2.75, 3.05) is 6.61 Å². The first-order valence-corrected chi connectivity index (χ1v) is 13.2. The molecule has 0 bridgehead atoms. The van der Waals surface area contributed by atoms with Gasteiger partial charge in [-0.3, -0.25) is 9.59 Å². The number of Topliss-reactive ketones (excluding diaryl/α,β-unsaturated/α-hetero) is 1. The van der Waals surface area contributed by atoms with Crippen LogP contribution in [0.25, 0.3) is 0 Å². The van der Waals surface area contributed by atoms with E-state index in [1.807, 2.05) is 0 Å². The van der Waals surface area contributed by atoms with Gasteiger partial charge in [0.25, 0.3) is 5.91 Å². The third-order valence-corrected chi connectivity index (χ3v) is 10.2. The van der Waals surface area contributed by atoms with Crippen LogP contribution in [-0.4, -0.2) is 63.0 Å². The fourth-order valence-corrected chi connectivity index (χ4v) is 8.01. The van der Waals surface area contributed by atoms with Gasteiger partial charge in [-0.2, -0.15) is 0 Å². The number of carbonyl (C=O) groups is 3. The summed E-state index contributed by atoms with van der Waals surface area (Å²) in [6.07, 6.45) is 7.83. The monoisotopic (exact) mass is 504 g/mol. The van der Waals surface area contributed by atoms with Gasteiger partial charge >= 0.3 is 5.97 Å². The number of aliphatic hydroxyl groups is 2. The summed E-state index contributed by atoms with van der Waals surface area (Å²) in [6.45, 7) is 6.88. The molecule has 0 radical (unpaired) electrons. The van der Waals surface area contributed by atoms with Crippen molar-refractivity contribution >= 4 is 23.4 Å². The molecule has 0 unspecified atom stereocenters. The zero-order chi connectivity index (χ0) is 26.5. The van der Waals surface area contributed by atoms with Crippen molar-refractivity contribution in [1.29, 1.82) is 0 Å². The molecule has 0 aromatic carbocycles. The molecule has 3 fully saturated rings. The Kier molecular flexibility index (Phi) is 7.11. The van der Waals surface area contributed by atoms with E-state index in [1.165, 1.54) is 19.4 Å². The largest absolute Gasteiger partial charge is 0.480 e. The number of aliphatic hydroxyl groups excluding tert-OH is 1. The van der Waals surface area contributed by atoms with Crippen molar-refractivity contribution in [2.45, 2.75) is 96.8 Å². The SMILES string of the molecule is CC(=O)[C@@]1(O)CC[C@H]2[C@@H]3CCC4=C/C(=N\OCC(=O)N[C@H](C(=O)O)[C@H](C)O)CC[C@]4(C)[C@H]3CC[C@@]21C. The molecule has 0 aliphatic heterocycles. The van der Waals surface area contributed by atoms with Crippen LogP contribution in [0.15, 0.2) is 16.8 Å². The Bertz CT molecular complexity index is 991. The number of oxime groups is 1. The van der Waals surface area contributed by atoms with E-state index >= 15 is 0 Å². The molecule has 9 heteroatoms. The zero-order valence-corrected chi connectivity index (χ0v) is 21.7. The van der Waals surface area contributed by atoms with Gasteiger partial charge in [0.15, 0.2) is 18.4 Å². The molecule has 0 aromatic rings. The van der Waals surface area contributed by atoms with Crippen molar-refractivity contribution in [3.05, 3.63) is 11.6 Å². The van der Waals surface area contributed by atoms with Gasteiger partial charge in [0, 0.05) is 5.41 Å². The molecule has 9 nitrogen and oxygen atoms in total. The molecule has 1 amide bonds. The lowest BCUT2D eigenvalue weighted by Gasteiger charge is -2.59. The van der Waals surface area contributed by atoms with Crippen LogP contribution in [-0.2, 0) is 19.2 Å². The Morgan fingerprint density at radius 2 is 1.83 bits per heavy atom. The lowest BCUT2D eigenvalue weighted by Crippen LogP contribution is -2.57. The van der Waals surface area contributed by atoms with E-state index in [0.717, 1.165) is 50.7 Å². The first-order valence-electron chi connectivity index (χ1n) is 13.2. The lowest BCUT2D eigenvalue weighted by atomic mass is 9.46. The van der Waals surface area contributed by atoms with Gasteiger partial charge in [0.05, 0.1) is 11.8 Å². The second-order valence-corrected chi connectivity index (χ2v) is 11.9. The van der Waals surface area contributed by atoms with Crippen molar-refractivity contribution in [1.82, 2.24) is 5.32 Å². The maximum atomic E-state index is 12.4. The molecule has 36 heavy (non-hydrogen) atoms. The van der Waals surface area contributed by atoms with Crippen LogP contribution in [0.4, 0.5) is 0 Å². The number of rotatable bonds is 7. The van der Waals surface area contributed by atoms with Gasteiger partial charge in [-0.05, 0) is 94.5 Å². The molecule has 4 aliphatic rings. The van der Waals surface area contributed by atoms with Gasteiger partial charge in [-0.1, -0.05) is 24.6 Å². The Labute approximate surface area is 212 Å². The van der Waals surface area contributed by atoms with Crippen molar-refractivity contribution in [2.24, 2.45) is 33.7 Å². The van der Waals surface area contributed by atoms with Crippen molar-refractivity contribution in [3.63, 3.8) is 0 Å². The van der Waals surface area contributed by atoms with E-state index in [2.05, 4.69) is 30.4 Å². The van der Waals surface area contributed by atoms with E-state index in [9.17, 15) is 24.6 Å². The predicted octanol–water partition coefficient (Wildman–Crippen LogP) is 2.59. The quantitative estimate of drug-likeness (QED) is 0.390. The molecule has 0 spiro atoms. The molecular formula is C27H40N2O7. The summed E-state index contributed by atoms with van der Waals surface area (Å²) in [5.74, 6) is -0.709. The number of nitrogens with zero attached hydrogens (tertiary/aromatic N) is 1. The summed E-state index contributed by atoms with van der Waals surface area (Å²) in [5.41, 5.74) is 0.622. The number of hydrogen-bond acceptors (Lipinski definition) is 7. The highest BCUT2D eigenvalue weighted by Gasteiger charge is 2.65. The number of carboxylic acids is 1. The number of amides is 1. The molecule has 4 rings (SSSR count). The van der Waals surface area contributed by atoms with Gasteiger partial charge in [0.1, 0.15) is 5.60 Å². The van der Waals surface area contributed by atoms with Crippen molar-refractivity contribution in [3.8, 4) is 0 Å². The molecule has 4 N–H and O–H groups in total. The van der Waals surface area contributed by atoms with E-state index in [1.54, 1.807) is 0 Å². The highest BCUT2D eigenvalue weighted by Crippen LogP contribution is 2.67. The number of carbonyl (C=O) groups excluding carboxylic acids is 2. The Balaban J connectivity index is 1.42. The van der Waals surface area contributed by atoms with Crippen LogP contribution >= 0.6 is 0 Å². The van der Waals surface area contributed by atoms with Crippen LogP contribution in [0, 0.1) is 28.6 Å². The summed E-state index contributed by atoms with van der Waals surface area (Å²) in [5, 5.41) is 36.3. The van der Waals surface area contributed by atoms with E-state index in [0.29, 0.717) is 24.2 Å². The third kappa shape index (κ3) is 4.28. The third-order valence-electron chi connectivity index (χ3n) is 10.2. The van der Waals surface area contributed by atoms with Crippen LogP contribution < -0.4 is 5.32 Å². The average Bonchev–Trinajstić information content (AvgIpc) is 3.09. The standard InChI is InChI=1S/C27H40N2O7/c1-15(30)23(24(33)34)28-22(32)14-36-29-18-7-10-25(3)17(13-18)5-6-19-20(25)8-11-26(4)21(19)9-12-27(26,35)16(2)31/h13,15,19-21,23,30,35H,5-12,14H2,1-4H3,(H,28,32)(H,33,34)/b29-18-/t15-,19+,20-,21-,23-,25-,26-,27-/m0/s1. The average molecular weight is 505 g/mol.